The van der Waals surface area contributed by atoms with Crippen LogP contribution in [0.4, 0.5) is 5.82 Å². The molecule has 0 saturated carbocycles. The summed E-state index contributed by atoms with van der Waals surface area (Å²) in [5, 5.41) is 3.54. The molecule has 1 atom stereocenters. The van der Waals surface area contributed by atoms with E-state index >= 15 is 0 Å². The molecule has 0 bridgehead atoms. The second kappa shape index (κ2) is 5.89. The van der Waals surface area contributed by atoms with Crippen molar-refractivity contribution in [3.05, 3.63) is 36.3 Å². The zero-order chi connectivity index (χ0) is 15.7. The molecule has 2 fully saturated rings. The molecule has 5 heteroatoms. The fourth-order valence-corrected chi connectivity index (χ4v) is 3.89. The summed E-state index contributed by atoms with van der Waals surface area (Å²) < 4.78 is 0. The monoisotopic (exact) mass is 309 g/mol. The van der Waals surface area contributed by atoms with Crippen LogP contribution in [0.5, 0.6) is 0 Å². The van der Waals surface area contributed by atoms with Crippen molar-refractivity contribution >= 4 is 5.82 Å². The lowest BCUT2D eigenvalue weighted by Gasteiger charge is -2.40. The minimum Gasteiger partial charge on any atom is -0.356 e. The maximum absolute atomic E-state index is 4.84. The van der Waals surface area contributed by atoms with Gasteiger partial charge in [0.25, 0.3) is 0 Å². The van der Waals surface area contributed by atoms with Crippen molar-refractivity contribution < 1.29 is 0 Å². The molecule has 2 aliphatic rings. The molecule has 4 heterocycles. The number of hydrogen-bond donors (Lipinski definition) is 1. The van der Waals surface area contributed by atoms with Gasteiger partial charge in [0.05, 0.1) is 0 Å². The van der Waals surface area contributed by atoms with Gasteiger partial charge < -0.3 is 10.2 Å². The van der Waals surface area contributed by atoms with Crippen LogP contribution < -0.4 is 10.2 Å². The van der Waals surface area contributed by atoms with E-state index in [0.717, 1.165) is 49.1 Å². The van der Waals surface area contributed by atoms with E-state index < -0.39 is 0 Å². The number of aromatic nitrogens is 3. The van der Waals surface area contributed by atoms with E-state index in [1.165, 1.54) is 19.3 Å². The molecule has 0 aromatic carbocycles. The molecular weight excluding hydrogens is 286 g/mol. The Balaban J connectivity index is 1.65. The van der Waals surface area contributed by atoms with Crippen LogP contribution in [0.2, 0.25) is 0 Å². The van der Waals surface area contributed by atoms with E-state index in [-0.39, 0.29) is 0 Å². The lowest BCUT2D eigenvalue weighted by molar-refractivity contribution is 0.260. The van der Waals surface area contributed by atoms with Crippen molar-refractivity contribution in [3.8, 4) is 11.4 Å². The fraction of sp³-hybridized carbons (Fsp3) is 0.500. The smallest absolute Gasteiger partial charge is 0.163 e. The van der Waals surface area contributed by atoms with Crippen LogP contribution in [0, 0.1) is 12.3 Å². The highest BCUT2D eigenvalue weighted by atomic mass is 15.2. The van der Waals surface area contributed by atoms with Gasteiger partial charge >= 0.3 is 0 Å². The standard InChI is InChI=1S/C18H23N5/c1-14-10-16(22-17(21-14)15-4-2-7-19-11-15)23-9-3-5-18(13-23)6-8-20-12-18/h2,4,7,10-11,20H,3,5-6,8-9,12-13H2,1H3. The summed E-state index contributed by atoms with van der Waals surface area (Å²) >= 11 is 0. The van der Waals surface area contributed by atoms with Crippen LogP contribution in [0.25, 0.3) is 11.4 Å². The van der Waals surface area contributed by atoms with Crippen molar-refractivity contribution in [2.24, 2.45) is 5.41 Å². The summed E-state index contributed by atoms with van der Waals surface area (Å²) in [5.74, 6) is 1.83. The minimum atomic E-state index is 0.436. The Morgan fingerprint density at radius 1 is 1.26 bits per heavy atom. The number of aryl methyl sites for hydroxylation is 1. The van der Waals surface area contributed by atoms with E-state index in [1.54, 1.807) is 6.20 Å². The van der Waals surface area contributed by atoms with Gasteiger partial charge in [-0.3, -0.25) is 4.98 Å². The average molecular weight is 309 g/mol. The van der Waals surface area contributed by atoms with Crippen LogP contribution in [0.1, 0.15) is 25.0 Å². The molecule has 1 N–H and O–H groups in total. The summed E-state index contributed by atoms with van der Waals surface area (Å²) in [6.45, 7) is 6.52. The molecule has 2 aromatic rings. The first-order chi connectivity index (χ1) is 11.2. The topological polar surface area (TPSA) is 53.9 Å². The number of nitrogens with one attached hydrogen (secondary N) is 1. The summed E-state index contributed by atoms with van der Waals surface area (Å²) in [6, 6.07) is 6.06. The van der Waals surface area contributed by atoms with Gasteiger partial charge in [-0.15, -0.1) is 0 Å². The molecule has 4 rings (SSSR count). The summed E-state index contributed by atoms with van der Waals surface area (Å²) in [4.78, 5) is 16.1. The first-order valence-electron chi connectivity index (χ1n) is 8.46. The molecule has 0 aliphatic carbocycles. The summed E-state index contributed by atoms with van der Waals surface area (Å²) in [7, 11) is 0. The molecule has 1 unspecified atom stereocenters. The predicted molar refractivity (Wildman–Crippen MR) is 91.4 cm³/mol. The second-order valence-corrected chi connectivity index (χ2v) is 6.88. The molecule has 120 valence electrons. The van der Waals surface area contributed by atoms with Crippen LogP contribution in [0.15, 0.2) is 30.6 Å². The molecule has 2 saturated heterocycles. The van der Waals surface area contributed by atoms with Crippen molar-refractivity contribution in [1.29, 1.82) is 0 Å². The van der Waals surface area contributed by atoms with Gasteiger partial charge in [0.1, 0.15) is 5.82 Å². The van der Waals surface area contributed by atoms with E-state index in [0.29, 0.717) is 5.41 Å². The van der Waals surface area contributed by atoms with Gasteiger partial charge in [-0.1, -0.05) is 0 Å². The molecule has 5 nitrogen and oxygen atoms in total. The maximum Gasteiger partial charge on any atom is 0.163 e. The number of pyridine rings is 1. The molecule has 1 spiro atoms. The number of nitrogens with zero attached hydrogens (tertiary/aromatic N) is 4. The largest absolute Gasteiger partial charge is 0.356 e. The number of rotatable bonds is 2. The quantitative estimate of drug-likeness (QED) is 0.923. The van der Waals surface area contributed by atoms with Crippen molar-refractivity contribution in [3.63, 3.8) is 0 Å². The van der Waals surface area contributed by atoms with Gasteiger partial charge in [0.2, 0.25) is 0 Å². The Labute approximate surface area is 137 Å². The Morgan fingerprint density at radius 3 is 3.00 bits per heavy atom. The van der Waals surface area contributed by atoms with Gasteiger partial charge in [-0.05, 0) is 44.9 Å². The van der Waals surface area contributed by atoms with E-state index in [4.69, 9.17) is 4.98 Å². The predicted octanol–water partition coefficient (Wildman–Crippen LogP) is 2.43. The Morgan fingerprint density at radius 2 is 2.22 bits per heavy atom. The van der Waals surface area contributed by atoms with Gasteiger partial charge in [-0.2, -0.15) is 0 Å². The van der Waals surface area contributed by atoms with Crippen LogP contribution >= 0.6 is 0 Å². The normalized spacial score (nSPS) is 24.3. The van der Waals surface area contributed by atoms with Crippen molar-refractivity contribution in [2.75, 3.05) is 31.1 Å². The van der Waals surface area contributed by atoms with Gasteiger partial charge in [0.15, 0.2) is 5.82 Å². The Hall–Kier alpha value is -2.01. The third-order valence-corrected chi connectivity index (χ3v) is 5.08. The first-order valence-corrected chi connectivity index (χ1v) is 8.46. The molecule has 2 aromatic heterocycles. The molecule has 2 aliphatic heterocycles. The van der Waals surface area contributed by atoms with Crippen LogP contribution in [-0.2, 0) is 0 Å². The zero-order valence-corrected chi connectivity index (χ0v) is 13.6. The van der Waals surface area contributed by atoms with Crippen LogP contribution in [-0.4, -0.2) is 41.1 Å². The summed E-state index contributed by atoms with van der Waals surface area (Å²) in [5.41, 5.74) is 2.43. The highest BCUT2D eigenvalue weighted by Gasteiger charge is 2.38. The zero-order valence-electron chi connectivity index (χ0n) is 13.6. The van der Waals surface area contributed by atoms with Gasteiger partial charge in [0, 0.05) is 54.8 Å². The highest BCUT2D eigenvalue weighted by molar-refractivity contribution is 5.57. The Bertz CT molecular complexity index is 679. The lowest BCUT2D eigenvalue weighted by Crippen LogP contribution is -2.45. The second-order valence-electron chi connectivity index (χ2n) is 6.88. The lowest BCUT2D eigenvalue weighted by atomic mass is 9.79. The first kappa shape index (κ1) is 14.6. The highest BCUT2D eigenvalue weighted by Crippen LogP contribution is 2.37. The minimum absolute atomic E-state index is 0.436. The SMILES string of the molecule is Cc1cc(N2CCCC3(CCNC3)C2)nc(-c2cccnc2)n1. The van der Waals surface area contributed by atoms with Crippen molar-refractivity contribution in [2.45, 2.75) is 26.2 Å². The maximum atomic E-state index is 4.84. The number of hydrogen-bond acceptors (Lipinski definition) is 5. The fourth-order valence-electron chi connectivity index (χ4n) is 3.89. The molecule has 23 heavy (non-hydrogen) atoms. The van der Waals surface area contributed by atoms with E-state index in [2.05, 4.69) is 26.3 Å². The summed E-state index contributed by atoms with van der Waals surface area (Å²) in [6.07, 6.45) is 7.46. The van der Waals surface area contributed by atoms with E-state index in [9.17, 15) is 0 Å². The number of anilines is 1. The average Bonchev–Trinajstić information content (AvgIpc) is 3.03. The van der Waals surface area contributed by atoms with E-state index in [1.807, 2.05) is 25.3 Å². The number of piperidine rings is 1. The van der Waals surface area contributed by atoms with Crippen molar-refractivity contribution in [1.82, 2.24) is 20.3 Å². The third kappa shape index (κ3) is 2.93. The van der Waals surface area contributed by atoms with Gasteiger partial charge in [-0.25, -0.2) is 9.97 Å². The third-order valence-electron chi connectivity index (χ3n) is 5.08. The molecule has 0 amide bonds. The molecular formula is C18H23N5. The Kier molecular flexibility index (Phi) is 3.73. The van der Waals surface area contributed by atoms with Crippen LogP contribution in [0.3, 0.4) is 0 Å². The molecule has 0 radical (unpaired) electrons.